The summed E-state index contributed by atoms with van der Waals surface area (Å²) >= 11 is 0. The topological polar surface area (TPSA) is 25.0 Å². The van der Waals surface area contributed by atoms with Crippen molar-refractivity contribution >= 4 is 5.69 Å². The second kappa shape index (κ2) is 4.22. The van der Waals surface area contributed by atoms with Crippen LogP contribution in [0.3, 0.4) is 0 Å². The van der Waals surface area contributed by atoms with E-state index in [2.05, 4.69) is 23.1 Å². The largest absolute Gasteiger partial charge is 0.494 e. The molecule has 0 amide bonds. The average molecular weight is 233 g/mol. The Morgan fingerprint density at radius 2 is 2.12 bits per heavy atom. The molecule has 2 aliphatic heterocycles. The van der Waals surface area contributed by atoms with Crippen molar-refractivity contribution < 1.29 is 9.47 Å². The Labute approximate surface area is 102 Å². The van der Waals surface area contributed by atoms with Gasteiger partial charge in [-0.1, -0.05) is 6.07 Å². The average Bonchev–Trinajstić information content (AvgIpc) is 3.11. The predicted octanol–water partition coefficient (Wildman–Crippen LogP) is 2.45. The van der Waals surface area contributed by atoms with Crippen molar-refractivity contribution in [3.05, 3.63) is 24.3 Å². The Hall–Kier alpha value is -1.22. The number of benzene rings is 1. The lowest BCUT2D eigenvalue weighted by molar-refractivity contribution is 0.258. The van der Waals surface area contributed by atoms with Crippen LogP contribution in [0.5, 0.6) is 5.75 Å². The highest BCUT2D eigenvalue weighted by molar-refractivity contribution is 5.51. The number of piperidine rings is 1. The third-order valence-electron chi connectivity index (χ3n) is 3.72. The number of hydrogen-bond donors (Lipinski definition) is 0. The van der Waals surface area contributed by atoms with Gasteiger partial charge in [0.1, 0.15) is 5.75 Å². The Bertz CT molecular complexity index is 391. The van der Waals surface area contributed by atoms with Gasteiger partial charge >= 0.3 is 0 Å². The summed E-state index contributed by atoms with van der Waals surface area (Å²) in [4.78, 5) is 2.43. The molecule has 2 aliphatic rings. The second-order valence-corrected chi connectivity index (χ2v) is 4.89. The fourth-order valence-corrected chi connectivity index (χ4v) is 2.50. The van der Waals surface area contributed by atoms with Gasteiger partial charge in [-0.05, 0) is 31.9 Å². The summed E-state index contributed by atoms with van der Waals surface area (Å²) in [7, 11) is 0. The molecule has 1 aromatic carbocycles. The van der Waals surface area contributed by atoms with Crippen molar-refractivity contribution in [2.75, 3.05) is 31.2 Å². The van der Waals surface area contributed by atoms with E-state index in [1.54, 1.807) is 0 Å². The third-order valence-corrected chi connectivity index (χ3v) is 3.72. The van der Waals surface area contributed by atoms with Crippen molar-refractivity contribution in [3.63, 3.8) is 0 Å². The van der Waals surface area contributed by atoms with E-state index in [9.17, 15) is 0 Å². The molecule has 0 radical (unpaired) electrons. The highest BCUT2D eigenvalue weighted by atomic mass is 16.6. The van der Waals surface area contributed by atoms with Crippen LogP contribution in [-0.2, 0) is 4.74 Å². The lowest BCUT2D eigenvalue weighted by atomic mass is 9.97. The van der Waals surface area contributed by atoms with Crippen LogP contribution in [0.15, 0.2) is 24.3 Å². The van der Waals surface area contributed by atoms with E-state index < -0.39 is 0 Å². The van der Waals surface area contributed by atoms with Crippen LogP contribution in [-0.4, -0.2) is 31.9 Å². The van der Waals surface area contributed by atoms with Crippen LogP contribution in [0.1, 0.15) is 19.8 Å². The van der Waals surface area contributed by atoms with Gasteiger partial charge in [-0.3, -0.25) is 0 Å². The van der Waals surface area contributed by atoms with Gasteiger partial charge in [0.2, 0.25) is 0 Å². The monoisotopic (exact) mass is 233 g/mol. The van der Waals surface area contributed by atoms with Gasteiger partial charge in [0.15, 0.2) is 0 Å². The predicted molar refractivity (Wildman–Crippen MR) is 67.7 cm³/mol. The minimum Gasteiger partial charge on any atom is -0.494 e. The first-order valence-corrected chi connectivity index (χ1v) is 6.43. The van der Waals surface area contributed by atoms with E-state index in [1.807, 2.05) is 13.0 Å². The molecule has 0 unspecified atom stereocenters. The van der Waals surface area contributed by atoms with Gasteiger partial charge in [0.05, 0.1) is 18.8 Å². The van der Waals surface area contributed by atoms with Gasteiger partial charge in [0.25, 0.3) is 0 Å². The standard InChI is InChI=1S/C14H19NO2/c1-2-16-13-5-3-4-12(10-13)15-8-6-14(7-9-15)11-17-14/h3-5,10H,2,6-9,11H2,1H3. The van der Waals surface area contributed by atoms with Crippen molar-refractivity contribution in [3.8, 4) is 5.75 Å². The smallest absolute Gasteiger partial charge is 0.121 e. The van der Waals surface area contributed by atoms with Crippen LogP contribution in [0, 0.1) is 0 Å². The molecule has 0 atom stereocenters. The number of ether oxygens (including phenoxy) is 2. The molecule has 0 N–H and O–H groups in total. The molecule has 3 heteroatoms. The van der Waals surface area contributed by atoms with Gasteiger partial charge in [-0.2, -0.15) is 0 Å². The lowest BCUT2D eigenvalue weighted by Crippen LogP contribution is -2.37. The molecule has 1 aromatic rings. The normalized spacial score (nSPS) is 21.6. The number of anilines is 1. The number of nitrogens with zero attached hydrogens (tertiary/aromatic N) is 1. The van der Waals surface area contributed by atoms with E-state index in [1.165, 1.54) is 5.69 Å². The Kier molecular flexibility index (Phi) is 2.71. The quantitative estimate of drug-likeness (QED) is 0.750. The maximum Gasteiger partial charge on any atom is 0.121 e. The molecule has 2 saturated heterocycles. The highest BCUT2D eigenvalue weighted by Gasteiger charge is 2.46. The van der Waals surface area contributed by atoms with Gasteiger partial charge in [0, 0.05) is 24.8 Å². The first kappa shape index (κ1) is 10.9. The van der Waals surface area contributed by atoms with Gasteiger partial charge < -0.3 is 14.4 Å². The zero-order valence-electron chi connectivity index (χ0n) is 10.3. The highest BCUT2D eigenvalue weighted by Crippen LogP contribution is 2.39. The first-order chi connectivity index (χ1) is 8.31. The summed E-state index contributed by atoms with van der Waals surface area (Å²) in [5, 5.41) is 0. The Morgan fingerprint density at radius 3 is 2.76 bits per heavy atom. The fraction of sp³-hybridized carbons (Fsp3) is 0.571. The minimum absolute atomic E-state index is 0.258. The fourth-order valence-electron chi connectivity index (χ4n) is 2.50. The molecular formula is C14H19NO2. The number of epoxide rings is 1. The maximum atomic E-state index is 5.54. The zero-order chi connectivity index (χ0) is 11.7. The molecule has 0 aromatic heterocycles. The Morgan fingerprint density at radius 1 is 1.35 bits per heavy atom. The Balaban J connectivity index is 1.68. The van der Waals surface area contributed by atoms with E-state index in [4.69, 9.17) is 9.47 Å². The van der Waals surface area contributed by atoms with Crippen LogP contribution >= 0.6 is 0 Å². The molecule has 2 heterocycles. The number of hydrogen-bond acceptors (Lipinski definition) is 3. The summed E-state index contributed by atoms with van der Waals surface area (Å²) in [5.41, 5.74) is 1.53. The van der Waals surface area contributed by atoms with Crippen LogP contribution in [0.2, 0.25) is 0 Å². The van der Waals surface area contributed by atoms with E-state index in [0.717, 1.165) is 44.9 Å². The molecule has 92 valence electrons. The molecule has 17 heavy (non-hydrogen) atoms. The maximum absolute atomic E-state index is 5.54. The molecule has 3 nitrogen and oxygen atoms in total. The van der Waals surface area contributed by atoms with E-state index in [-0.39, 0.29) is 5.60 Å². The van der Waals surface area contributed by atoms with Crippen molar-refractivity contribution in [2.24, 2.45) is 0 Å². The first-order valence-electron chi connectivity index (χ1n) is 6.43. The summed E-state index contributed by atoms with van der Waals surface area (Å²) in [5.74, 6) is 0.966. The SMILES string of the molecule is CCOc1cccc(N2CCC3(CC2)CO3)c1. The summed E-state index contributed by atoms with van der Waals surface area (Å²) in [6, 6.07) is 8.38. The molecular weight excluding hydrogens is 214 g/mol. The molecule has 0 bridgehead atoms. The van der Waals surface area contributed by atoms with Crippen LogP contribution in [0.4, 0.5) is 5.69 Å². The van der Waals surface area contributed by atoms with E-state index >= 15 is 0 Å². The minimum atomic E-state index is 0.258. The molecule has 0 aliphatic carbocycles. The number of rotatable bonds is 3. The second-order valence-electron chi connectivity index (χ2n) is 4.89. The van der Waals surface area contributed by atoms with Crippen molar-refractivity contribution in [1.29, 1.82) is 0 Å². The molecule has 3 rings (SSSR count). The van der Waals surface area contributed by atoms with Gasteiger partial charge in [-0.25, -0.2) is 0 Å². The molecule has 1 spiro atoms. The molecule has 2 fully saturated rings. The van der Waals surface area contributed by atoms with Crippen LogP contribution in [0.25, 0.3) is 0 Å². The summed E-state index contributed by atoms with van der Waals surface area (Å²) in [6.45, 7) is 5.90. The summed E-state index contributed by atoms with van der Waals surface area (Å²) < 4.78 is 11.1. The third kappa shape index (κ3) is 2.25. The van der Waals surface area contributed by atoms with Crippen molar-refractivity contribution in [2.45, 2.75) is 25.4 Å². The van der Waals surface area contributed by atoms with E-state index in [0.29, 0.717) is 0 Å². The van der Waals surface area contributed by atoms with Crippen molar-refractivity contribution in [1.82, 2.24) is 0 Å². The lowest BCUT2D eigenvalue weighted by Gasteiger charge is -2.32. The van der Waals surface area contributed by atoms with Gasteiger partial charge in [-0.15, -0.1) is 0 Å². The van der Waals surface area contributed by atoms with Crippen LogP contribution < -0.4 is 9.64 Å². The molecule has 0 saturated carbocycles. The zero-order valence-corrected chi connectivity index (χ0v) is 10.3. The summed E-state index contributed by atoms with van der Waals surface area (Å²) in [6.07, 6.45) is 2.32.